The van der Waals surface area contributed by atoms with E-state index in [1.807, 2.05) is 30.3 Å². The number of carbonyl (C=O) groups excluding carboxylic acids is 1. The maximum Gasteiger partial charge on any atom is 0.418 e. The van der Waals surface area contributed by atoms with Gasteiger partial charge in [-0.3, -0.25) is 4.57 Å². The Morgan fingerprint density at radius 3 is 2.70 bits per heavy atom. The van der Waals surface area contributed by atoms with Crippen molar-refractivity contribution in [1.29, 1.82) is 0 Å². The molecule has 0 atom stereocenters. The van der Waals surface area contributed by atoms with Crippen LogP contribution < -0.4 is 0 Å². The van der Waals surface area contributed by atoms with Crippen molar-refractivity contribution in [1.82, 2.24) is 4.57 Å². The van der Waals surface area contributed by atoms with E-state index in [1.165, 1.54) is 16.7 Å². The molecule has 4 heteroatoms. The van der Waals surface area contributed by atoms with Crippen molar-refractivity contribution >= 4 is 17.0 Å². The van der Waals surface area contributed by atoms with Gasteiger partial charge in [0.15, 0.2) is 0 Å². The zero-order chi connectivity index (χ0) is 13.9. The van der Waals surface area contributed by atoms with Crippen LogP contribution in [0.2, 0.25) is 0 Å². The van der Waals surface area contributed by atoms with Crippen LogP contribution in [0.15, 0.2) is 60.8 Å². The molecule has 0 N–H and O–H groups in total. The molecular weight excluding hydrogens is 257 g/mol. The highest BCUT2D eigenvalue weighted by atomic mass is 19.1. The van der Waals surface area contributed by atoms with Gasteiger partial charge in [-0.05, 0) is 29.8 Å². The molecule has 20 heavy (non-hydrogen) atoms. The maximum absolute atomic E-state index is 13.1. The van der Waals surface area contributed by atoms with E-state index in [0.717, 1.165) is 5.56 Å². The molecule has 3 aromatic rings. The van der Waals surface area contributed by atoms with Crippen molar-refractivity contribution in [3.8, 4) is 0 Å². The van der Waals surface area contributed by atoms with Crippen molar-refractivity contribution < 1.29 is 13.9 Å². The first-order valence-electron chi connectivity index (χ1n) is 6.22. The summed E-state index contributed by atoms with van der Waals surface area (Å²) in [6, 6.07) is 15.4. The normalized spacial score (nSPS) is 10.7. The number of aromatic nitrogens is 1. The van der Waals surface area contributed by atoms with E-state index >= 15 is 0 Å². The predicted molar refractivity (Wildman–Crippen MR) is 73.9 cm³/mol. The predicted octanol–water partition coefficient (Wildman–Crippen LogP) is 3.97. The second kappa shape index (κ2) is 5.17. The van der Waals surface area contributed by atoms with E-state index in [4.69, 9.17) is 4.74 Å². The van der Waals surface area contributed by atoms with Crippen molar-refractivity contribution in [3.05, 3.63) is 72.2 Å². The van der Waals surface area contributed by atoms with E-state index in [2.05, 4.69) is 0 Å². The molecule has 0 saturated heterocycles. The highest BCUT2D eigenvalue weighted by Crippen LogP contribution is 2.17. The number of carbonyl (C=O) groups is 1. The van der Waals surface area contributed by atoms with Gasteiger partial charge in [-0.2, -0.15) is 0 Å². The van der Waals surface area contributed by atoms with Crippen LogP contribution in [0.25, 0.3) is 10.9 Å². The summed E-state index contributed by atoms with van der Waals surface area (Å²) in [6.45, 7) is 0.209. The smallest absolute Gasteiger partial charge is 0.418 e. The topological polar surface area (TPSA) is 31.2 Å². The Morgan fingerprint density at radius 1 is 1.10 bits per heavy atom. The Bertz CT molecular complexity index is 750. The van der Waals surface area contributed by atoms with Gasteiger partial charge in [0.1, 0.15) is 12.4 Å². The van der Waals surface area contributed by atoms with Crippen molar-refractivity contribution in [2.75, 3.05) is 0 Å². The number of fused-ring (bicyclic) bond motifs is 1. The maximum atomic E-state index is 13.1. The van der Waals surface area contributed by atoms with E-state index in [1.54, 1.807) is 18.3 Å². The first kappa shape index (κ1) is 12.4. The summed E-state index contributed by atoms with van der Waals surface area (Å²) in [5.74, 6) is -0.326. The van der Waals surface area contributed by atoms with E-state index in [0.29, 0.717) is 10.9 Å². The number of benzene rings is 2. The molecule has 0 unspecified atom stereocenters. The fourth-order valence-corrected chi connectivity index (χ4v) is 2.06. The standard InChI is InChI=1S/C16H12FNO2/c17-14-6-7-15-13(10-14)8-9-18(15)16(19)20-11-12-4-2-1-3-5-12/h1-10H,11H2. The molecule has 0 bridgehead atoms. The van der Waals surface area contributed by atoms with Gasteiger partial charge >= 0.3 is 6.09 Å². The third-order valence-electron chi connectivity index (χ3n) is 3.05. The minimum Gasteiger partial charge on any atom is -0.444 e. The molecule has 0 aliphatic carbocycles. The van der Waals surface area contributed by atoms with Gasteiger partial charge in [0, 0.05) is 11.6 Å². The summed E-state index contributed by atoms with van der Waals surface area (Å²) >= 11 is 0. The van der Waals surface area contributed by atoms with Gasteiger partial charge in [0.25, 0.3) is 0 Å². The summed E-state index contributed by atoms with van der Waals surface area (Å²) < 4.78 is 19.7. The monoisotopic (exact) mass is 269 g/mol. The highest BCUT2D eigenvalue weighted by molar-refractivity contribution is 5.89. The quantitative estimate of drug-likeness (QED) is 0.705. The lowest BCUT2D eigenvalue weighted by molar-refractivity contribution is 0.142. The van der Waals surface area contributed by atoms with Crippen LogP contribution in [0.1, 0.15) is 5.56 Å². The SMILES string of the molecule is O=C(OCc1ccccc1)n1ccc2cc(F)ccc21. The zero-order valence-corrected chi connectivity index (χ0v) is 10.6. The van der Waals surface area contributed by atoms with Crippen molar-refractivity contribution in [2.45, 2.75) is 6.61 Å². The lowest BCUT2D eigenvalue weighted by Crippen LogP contribution is -2.12. The van der Waals surface area contributed by atoms with Gasteiger partial charge in [-0.15, -0.1) is 0 Å². The third-order valence-corrected chi connectivity index (χ3v) is 3.05. The Hall–Kier alpha value is -2.62. The van der Waals surface area contributed by atoms with Crippen LogP contribution >= 0.6 is 0 Å². The molecule has 3 rings (SSSR count). The van der Waals surface area contributed by atoms with E-state index < -0.39 is 6.09 Å². The molecule has 0 radical (unpaired) electrons. The van der Waals surface area contributed by atoms with Crippen molar-refractivity contribution in [2.24, 2.45) is 0 Å². The number of ether oxygens (including phenoxy) is 1. The lowest BCUT2D eigenvalue weighted by Gasteiger charge is -2.06. The number of hydrogen-bond donors (Lipinski definition) is 0. The molecule has 0 amide bonds. The number of rotatable bonds is 2. The minimum absolute atomic E-state index is 0.209. The molecule has 0 spiro atoms. The summed E-state index contributed by atoms with van der Waals surface area (Å²) in [6.07, 6.45) is 1.10. The van der Waals surface area contributed by atoms with Crippen LogP contribution in [0, 0.1) is 5.82 Å². The number of hydrogen-bond acceptors (Lipinski definition) is 2. The Kier molecular flexibility index (Phi) is 3.21. The lowest BCUT2D eigenvalue weighted by atomic mass is 10.2. The largest absolute Gasteiger partial charge is 0.444 e. The van der Waals surface area contributed by atoms with Gasteiger partial charge < -0.3 is 4.74 Å². The minimum atomic E-state index is -0.476. The van der Waals surface area contributed by atoms with Crippen LogP contribution in [0.3, 0.4) is 0 Å². The molecule has 1 heterocycles. The fourth-order valence-electron chi connectivity index (χ4n) is 2.06. The molecule has 0 aliphatic rings. The molecule has 2 aromatic carbocycles. The summed E-state index contributed by atoms with van der Waals surface area (Å²) in [7, 11) is 0. The van der Waals surface area contributed by atoms with E-state index in [-0.39, 0.29) is 12.4 Å². The van der Waals surface area contributed by atoms with E-state index in [9.17, 15) is 9.18 Å². The molecule has 0 aliphatic heterocycles. The van der Waals surface area contributed by atoms with Crippen LogP contribution in [-0.2, 0) is 11.3 Å². The second-order valence-electron chi connectivity index (χ2n) is 4.43. The molecular formula is C16H12FNO2. The Balaban J connectivity index is 1.79. The summed E-state index contributed by atoms with van der Waals surface area (Å²) in [4.78, 5) is 12.0. The van der Waals surface area contributed by atoms with Crippen LogP contribution in [-0.4, -0.2) is 10.7 Å². The first-order valence-corrected chi connectivity index (χ1v) is 6.22. The Morgan fingerprint density at radius 2 is 1.90 bits per heavy atom. The molecule has 0 fully saturated rings. The average Bonchev–Trinajstić information content (AvgIpc) is 2.89. The van der Waals surface area contributed by atoms with Gasteiger partial charge in [-0.25, -0.2) is 9.18 Å². The molecule has 100 valence electrons. The van der Waals surface area contributed by atoms with Gasteiger partial charge in [0.2, 0.25) is 0 Å². The molecule has 3 nitrogen and oxygen atoms in total. The summed E-state index contributed by atoms with van der Waals surface area (Å²) in [5, 5.41) is 0.668. The van der Waals surface area contributed by atoms with Gasteiger partial charge in [0.05, 0.1) is 5.52 Å². The fraction of sp³-hybridized carbons (Fsp3) is 0.0625. The van der Waals surface area contributed by atoms with Crippen molar-refractivity contribution in [3.63, 3.8) is 0 Å². The van der Waals surface area contributed by atoms with Crippen LogP contribution in [0.4, 0.5) is 9.18 Å². The van der Waals surface area contributed by atoms with Gasteiger partial charge in [-0.1, -0.05) is 30.3 Å². The first-order chi connectivity index (χ1) is 9.74. The molecule has 1 aromatic heterocycles. The van der Waals surface area contributed by atoms with Crippen LogP contribution in [0.5, 0.6) is 0 Å². The zero-order valence-electron chi connectivity index (χ0n) is 10.6. The molecule has 0 saturated carbocycles. The Labute approximate surface area is 115 Å². The highest BCUT2D eigenvalue weighted by Gasteiger charge is 2.10. The average molecular weight is 269 g/mol. The number of halogens is 1. The number of nitrogens with zero attached hydrogens (tertiary/aromatic N) is 1. The second-order valence-corrected chi connectivity index (χ2v) is 4.43. The summed E-state index contributed by atoms with van der Waals surface area (Å²) in [5.41, 5.74) is 1.55. The third kappa shape index (κ3) is 2.40.